The molecule has 17 heteroatoms. The van der Waals surface area contributed by atoms with Crippen molar-refractivity contribution in [2.45, 2.75) is 128 Å². The molecule has 0 aromatic heterocycles. The van der Waals surface area contributed by atoms with Gasteiger partial charge in [-0.05, 0) is 63.5 Å². The standard InChI is InChI=1S/C49H64N2O15/c1-28-32(63-43(57)37(54)36(30-15-11-9-12-16-30)50-44(58)66-45(3,4)5)26-49(59)41(64-42(56)31-17-13-10-14-18-31)39-47(8,33(53)25-34-48(39,27-62-34)65-29(2)52)40(55)38(35(28)46(49,6)7)61-24-21-51-19-22-60-23-20-51/h9-18,32-34,36-39,41,53-54,59H,19-27H2,1-8H3,(H,50,58)/t32-,33-,34+,36-,37+,38+,39-,41-,47+,48-,49+/m0/s1. The third-order valence-electron chi connectivity index (χ3n) is 14.3. The van der Waals surface area contributed by atoms with Crippen LogP contribution in [0.4, 0.5) is 4.79 Å². The van der Waals surface area contributed by atoms with Crippen LogP contribution in [0.5, 0.6) is 0 Å². The Kier molecular flexibility index (Phi) is 14.0. The molecule has 7 rings (SSSR count). The van der Waals surface area contributed by atoms with Crippen LogP contribution >= 0.6 is 0 Å². The molecule has 2 aliphatic heterocycles. The maximum atomic E-state index is 15.9. The Morgan fingerprint density at radius 2 is 1.61 bits per heavy atom. The first-order valence-corrected chi connectivity index (χ1v) is 22.6. The van der Waals surface area contributed by atoms with E-state index in [1.165, 1.54) is 26.0 Å². The zero-order valence-corrected chi connectivity index (χ0v) is 38.9. The van der Waals surface area contributed by atoms with E-state index in [2.05, 4.69) is 10.2 Å². The molecule has 0 spiro atoms. The highest BCUT2D eigenvalue weighted by molar-refractivity contribution is 5.94. The zero-order chi connectivity index (χ0) is 48.0. The molecule has 66 heavy (non-hydrogen) atoms. The van der Waals surface area contributed by atoms with Crippen molar-refractivity contribution in [3.63, 3.8) is 0 Å². The molecule has 5 aliphatic rings. The number of Topliss-reactive ketones (excluding diaryl/α,β-unsaturated/α-hetero) is 1. The number of esters is 3. The highest BCUT2D eigenvalue weighted by Crippen LogP contribution is 2.64. The predicted octanol–water partition coefficient (Wildman–Crippen LogP) is 3.62. The number of alkyl carbamates (subject to hydrolysis) is 1. The van der Waals surface area contributed by atoms with Gasteiger partial charge in [0.05, 0.1) is 55.5 Å². The number of morpholine rings is 1. The second-order valence-corrected chi connectivity index (χ2v) is 19.9. The number of hydrogen-bond acceptors (Lipinski definition) is 16. The van der Waals surface area contributed by atoms with Gasteiger partial charge in [0.1, 0.15) is 35.6 Å². The van der Waals surface area contributed by atoms with Crippen LogP contribution in [0.3, 0.4) is 0 Å². The van der Waals surface area contributed by atoms with E-state index in [1.807, 2.05) is 0 Å². The summed E-state index contributed by atoms with van der Waals surface area (Å²) >= 11 is 0. The molecular weight excluding hydrogens is 857 g/mol. The van der Waals surface area contributed by atoms with Gasteiger partial charge in [0.15, 0.2) is 17.5 Å². The van der Waals surface area contributed by atoms with Gasteiger partial charge in [0.2, 0.25) is 0 Å². The first kappa shape index (κ1) is 49.2. The minimum atomic E-state index is -2.31. The van der Waals surface area contributed by atoms with Crippen LogP contribution in [-0.2, 0) is 47.5 Å². The van der Waals surface area contributed by atoms with Crippen molar-refractivity contribution in [2.24, 2.45) is 16.7 Å². The molecule has 2 saturated heterocycles. The summed E-state index contributed by atoms with van der Waals surface area (Å²) < 4.78 is 42.5. The van der Waals surface area contributed by atoms with Gasteiger partial charge in [-0.1, -0.05) is 62.4 Å². The summed E-state index contributed by atoms with van der Waals surface area (Å²) in [7, 11) is 0. The molecule has 2 heterocycles. The van der Waals surface area contributed by atoms with Crippen molar-refractivity contribution in [3.8, 4) is 0 Å². The summed E-state index contributed by atoms with van der Waals surface area (Å²) in [5.41, 5.74) is -7.41. The van der Waals surface area contributed by atoms with Gasteiger partial charge >= 0.3 is 24.0 Å². The molecule has 17 nitrogen and oxygen atoms in total. The van der Waals surface area contributed by atoms with E-state index >= 15 is 4.79 Å². The highest BCUT2D eigenvalue weighted by Gasteiger charge is 2.78. The number of aliphatic hydroxyl groups is 3. The van der Waals surface area contributed by atoms with E-state index in [9.17, 15) is 34.5 Å². The molecule has 2 saturated carbocycles. The lowest BCUT2D eigenvalue weighted by Crippen LogP contribution is -2.82. The van der Waals surface area contributed by atoms with Crippen molar-refractivity contribution in [1.29, 1.82) is 0 Å². The number of amides is 1. The van der Waals surface area contributed by atoms with Crippen LogP contribution in [0.25, 0.3) is 0 Å². The molecule has 1 amide bonds. The number of aliphatic hydroxyl groups excluding tert-OH is 2. The molecule has 0 radical (unpaired) electrons. The van der Waals surface area contributed by atoms with Gasteiger partial charge in [-0.15, -0.1) is 0 Å². The van der Waals surface area contributed by atoms with E-state index in [0.717, 1.165) is 0 Å². The normalized spacial score (nSPS) is 32.7. The summed E-state index contributed by atoms with van der Waals surface area (Å²) in [6.07, 6.45) is -10.7. The number of hydrogen-bond donors (Lipinski definition) is 4. The predicted molar refractivity (Wildman–Crippen MR) is 235 cm³/mol. The number of nitrogens with one attached hydrogen (secondary N) is 1. The van der Waals surface area contributed by atoms with Crippen molar-refractivity contribution in [3.05, 3.63) is 82.9 Å². The lowest BCUT2D eigenvalue weighted by molar-refractivity contribution is -0.346. The fourth-order valence-corrected chi connectivity index (χ4v) is 10.8. The van der Waals surface area contributed by atoms with Gasteiger partial charge in [-0.25, -0.2) is 14.4 Å². The van der Waals surface area contributed by atoms with Crippen LogP contribution in [0.1, 0.15) is 90.2 Å². The molecule has 3 aliphatic carbocycles. The number of benzene rings is 2. The van der Waals surface area contributed by atoms with Crippen molar-refractivity contribution < 1.29 is 72.5 Å². The highest BCUT2D eigenvalue weighted by atomic mass is 16.6. The molecular formula is C49H64N2O15. The Bertz CT molecular complexity index is 2170. The Morgan fingerprint density at radius 1 is 0.970 bits per heavy atom. The topological polar surface area (TPSA) is 226 Å². The summed E-state index contributed by atoms with van der Waals surface area (Å²) in [6, 6.07) is 14.9. The van der Waals surface area contributed by atoms with Crippen molar-refractivity contribution in [1.82, 2.24) is 10.2 Å². The number of fused-ring (bicyclic) bond motifs is 5. The molecule has 4 fully saturated rings. The third kappa shape index (κ3) is 9.03. The Morgan fingerprint density at radius 3 is 2.20 bits per heavy atom. The van der Waals surface area contributed by atoms with E-state index in [-0.39, 0.29) is 30.8 Å². The number of ether oxygens (including phenoxy) is 7. The fraction of sp³-hybridized carbons (Fsp3) is 0.612. The van der Waals surface area contributed by atoms with E-state index < -0.39 is 112 Å². The third-order valence-corrected chi connectivity index (χ3v) is 14.3. The minimum absolute atomic E-state index is 0.0179. The van der Waals surface area contributed by atoms with E-state index in [4.69, 9.17) is 33.2 Å². The number of nitrogens with zero attached hydrogens (tertiary/aromatic N) is 1. The monoisotopic (exact) mass is 920 g/mol. The first-order valence-electron chi connectivity index (χ1n) is 22.6. The largest absolute Gasteiger partial charge is 0.456 e. The van der Waals surface area contributed by atoms with E-state index in [0.29, 0.717) is 44.0 Å². The lowest BCUT2D eigenvalue weighted by Gasteiger charge is -2.67. The Labute approximate surface area is 385 Å². The van der Waals surface area contributed by atoms with Gasteiger partial charge < -0.3 is 53.8 Å². The average molecular weight is 921 g/mol. The zero-order valence-electron chi connectivity index (χ0n) is 38.9. The smallest absolute Gasteiger partial charge is 0.408 e. The molecule has 360 valence electrons. The second kappa shape index (κ2) is 18.7. The summed E-state index contributed by atoms with van der Waals surface area (Å²) in [6.45, 7) is 15.2. The van der Waals surface area contributed by atoms with Crippen LogP contribution in [0.15, 0.2) is 71.8 Å². The van der Waals surface area contributed by atoms with Crippen molar-refractivity contribution in [2.75, 3.05) is 46.1 Å². The first-order chi connectivity index (χ1) is 31.0. The van der Waals surface area contributed by atoms with Crippen LogP contribution in [-0.4, -0.2) is 149 Å². The van der Waals surface area contributed by atoms with Crippen LogP contribution in [0.2, 0.25) is 0 Å². The molecule has 2 aromatic carbocycles. The Hall–Kier alpha value is -4.75. The number of rotatable bonds is 12. The van der Waals surface area contributed by atoms with Crippen molar-refractivity contribution >= 4 is 29.8 Å². The maximum absolute atomic E-state index is 15.9. The number of carbonyl (C=O) groups is 5. The number of ketones is 1. The second-order valence-electron chi connectivity index (χ2n) is 19.9. The average Bonchev–Trinajstić information content (AvgIpc) is 3.26. The fourth-order valence-electron chi connectivity index (χ4n) is 10.8. The molecule has 4 N–H and O–H groups in total. The molecule has 2 aromatic rings. The Balaban J connectivity index is 1.38. The van der Waals surface area contributed by atoms with Crippen LogP contribution < -0.4 is 5.32 Å². The minimum Gasteiger partial charge on any atom is -0.456 e. The summed E-state index contributed by atoms with van der Waals surface area (Å²) in [5, 5.41) is 40.6. The lowest BCUT2D eigenvalue weighted by atomic mass is 9.44. The summed E-state index contributed by atoms with van der Waals surface area (Å²) in [4.78, 5) is 73.2. The van der Waals surface area contributed by atoms with E-state index in [1.54, 1.807) is 90.1 Å². The molecule has 0 unspecified atom stereocenters. The van der Waals surface area contributed by atoms with Crippen LogP contribution in [0, 0.1) is 16.7 Å². The summed E-state index contributed by atoms with van der Waals surface area (Å²) in [5.74, 6) is -4.92. The number of carbonyl (C=O) groups excluding carboxylic acids is 5. The SMILES string of the molecule is CC(=O)O[C@@]12CO[C@@H]1C[C@H](O)[C@@]1(C)C(=O)[C@H](OCCN3CCOCC3)C3=C(C)[C@@H](OC(=O)[C@H](O)[C@@H](NC(=O)OC(C)(C)C)c4ccccc4)C[C@@](O)([C@@H](OC(=O)c4ccccc4)[C@H]21)C3(C)C. The van der Waals surface area contributed by atoms with Gasteiger partial charge in [0, 0.05) is 44.8 Å². The quantitative estimate of drug-likeness (QED) is 0.136. The maximum Gasteiger partial charge on any atom is 0.408 e. The van der Waals surface area contributed by atoms with Gasteiger partial charge in [0.25, 0.3) is 0 Å². The van der Waals surface area contributed by atoms with Gasteiger partial charge in [-0.3, -0.25) is 14.5 Å². The molecule has 2 bridgehead atoms. The molecule has 11 atom stereocenters. The van der Waals surface area contributed by atoms with Gasteiger partial charge in [-0.2, -0.15) is 0 Å².